The summed E-state index contributed by atoms with van der Waals surface area (Å²) in [6.45, 7) is 7.23. The maximum absolute atomic E-state index is 13.4. The molecule has 1 N–H and O–H groups in total. The van der Waals surface area contributed by atoms with Crippen molar-refractivity contribution in [1.29, 1.82) is 0 Å². The molecule has 1 aliphatic heterocycles. The van der Waals surface area contributed by atoms with Gasteiger partial charge in [0.05, 0.1) is 18.4 Å². The zero-order valence-corrected chi connectivity index (χ0v) is 19.1. The fraction of sp³-hybridized carbons (Fsp3) is 0.292. The number of pyridine rings is 1. The van der Waals surface area contributed by atoms with Crippen LogP contribution in [0.25, 0.3) is 11.1 Å². The molecule has 1 atom stereocenters. The number of fused-ring (bicyclic) bond motifs is 1. The molecule has 5 rings (SSSR count). The van der Waals surface area contributed by atoms with Gasteiger partial charge in [0.15, 0.2) is 0 Å². The van der Waals surface area contributed by atoms with Gasteiger partial charge >= 0.3 is 0 Å². The molecule has 0 saturated heterocycles. The van der Waals surface area contributed by atoms with E-state index in [0.29, 0.717) is 12.2 Å². The maximum atomic E-state index is 13.4. The molecule has 0 fully saturated rings. The molecule has 0 aromatic carbocycles. The lowest BCUT2D eigenvalue weighted by molar-refractivity contribution is 0.0592. The highest BCUT2D eigenvalue weighted by molar-refractivity contribution is 5.95. The number of anilines is 2. The van der Waals surface area contributed by atoms with Crippen LogP contribution in [-0.2, 0) is 20.1 Å². The highest BCUT2D eigenvalue weighted by atomic mass is 16.2. The van der Waals surface area contributed by atoms with Gasteiger partial charge in [0, 0.05) is 49.4 Å². The Hall–Kier alpha value is -4.01. The van der Waals surface area contributed by atoms with Crippen LogP contribution < -0.4 is 5.32 Å². The van der Waals surface area contributed by atoms with E-state index < -0.39 is 0 Å². The van der Waals surface area contributed by atoms with Gasteiger partial charge in [0.1, 0.15) is 23.7 Å². The number of aromatic nitrogens is 6. The standard InChI is InChI=1S/C24H26N8O/c1-15-10-25-22(29-23-5-6-28-30(23)4)9-20(15)18-8-21-24(33)32(17(3)11-31(21)12-18)13-19-7-16(2)26-14-27-19/h5-10,12,14,17H,11,13H2,1-4H3,(H,25,29). The average molecular weight is 443 g/mol. The second-order valence-electron chi connectivity index (χ2n) is 8.55. The number of amides is 1. The van der Waals surface area contributed by atoms with Crippen molar-refractivity contribution in [3.8, 4) is 11.1 Å². The summed E-state index contributed by atoms with van der Waals surface area (Å²) in [4.78, 5) is 28.3. The predicted octanol–water partition coefficient (Wildman–Crippen LogP) is 3.48. The van der Waals surface area contributed by atoms with E-state index in [4.69, 9.17) is 0 Å². The number of nitrogens with zero attached hydrogens (tertiary/aromatic N) is 7. The topological polar surface area (TPSA) is 93.8 Å². The van der Waals surface area contributed by atoms with Crippen LogP contribution in [0.15, 0.2) is 49.2 Å². The smallest absolute Gasteiger partial charge is 0.271 e. The quantitative estimate of drug-likeness (QED) is 0.509. The van der Waals surface area contributed by atoms with Crippen molar-refractivity contribution in [1.82, 2.24) is 34.2 Å². The molecule has 5 heterocycles. The van der Waals surface area contributed by atoms with E-state index in [1.54, 1.807) is 17.2 Å². The molecule has 168 valence electrons. The minimum Gasteiger partial charge on any atom is -0.341 e. The summed E-state index contributed by atoms with van der Waals surface area (Å²) in [5, 5.41) is 7.49. The highest BCUT2D eigenvalue weighted by Crippen LogP contribution is 2.31. The molecule has 1 aliphatic rings. The van der Waals surface area contributed by atoms with Crippen LogP contribution in [0, 0.1) is 13.8 Å². The zero-order chi connectivity index (χ0) is 23.1. The molecule has 0 bridgehead atoms. The maximum Gasteiger partial charge on any atom is 0.271 e. The van der Waals surface area contributed by atoms with Crippen molar-refractivity contribution < 1.29 is 4.79 Å². The van der Waals surface area contributed by atoms with Crippen LogP contribution in [0.4, 0.5) is 11.6 Å². The lowest BCUT2D eigenvalue weighted by atomic mass is 10.0. The Bertz CT molecular complexity index is 1340. The minimum atomic E-state index is 0.0104. The number of nitrogens with one attached hydrogen (secondary N) is 1. The lowest BCUT2D eigenvalue weighted by Crippen LogP contribution is -2.45. The molecule has 0 radical (unpaired) electrons. The van der Waals surface area contributed by atoms with Gasteiger partial charge in [-0.1, -0.05) is 0 Å². The third-order valence-electron chi connectivity index (χ3n) is 6.05. The van der Waals surface area contributed by atoms with Crippen molar-refractivity contribution in [3.05, 3.63) is 71.8 Å². The van der Waals surface area contributed by atoms with Gasteiger partial charge in [-0.25, -0.2) is 15.0 Å². The zero-order valence-electron chi connectivity index (χ0n) is 19.1. The Kier molecular flexibility index (Phi) is 5.16. The average Bonchev–Trinajstić information content (AvgIpc) is 3.39. The van der Waals surface area contributed by atoms with E-state index in [-0.39, 0.29) is 11.9 Å². The van der Waals surface area contributed by atoms with E-state index in [1.165, 1.54) is 0 Å². The van der Waals surface area contributed by atoms with Gasteiger partial charge in [0.25, 0.3) is 5.91 Å². The van der Waals surface area contributed by atoms with E-state index in [0.717, 1.165) is 46.3 Å². The number of carbonyl (C=O) groups is 1. The molecule has 0 aliphatic carbocycles. The monoisotopic (exact) mass is 442 g/mol. The predicted molar refractivity (Wildman–Crippen MR) is 125 cm³/mol. The van der Waals surface area contributed by atoms with Crippen LogP contribution in [-0.4, -0.2) is 46.1 Å². The SMILES string of the molecule is Cc1cc(CN2C(=O)c3cc(-c4cc(Nc5ccnn5C)ncc4C)cn3CC2C)ncn1. The fourth-order valence-corrected chi connectivity index (χ4v) is 4.25. The van der Waals surface area contributed by atoms with E-state index >= 15 is 0 Å². The first-order chi connectivity index (χ1) is 15.9. The third-order valence-corrected chi connectivity index (χ3v) is 6.05. The molecule has 33 heavy (non-hydrogen) atoms. The first-order valence-corrected chi connectivity index (χ1v) is 10.9. The summed E-state index contributed by atoms with van der Waals surface area (Å²) in [7, 11) is 1.88. The Labute approximate surface area is 192 Å². The summed E-state index contributed by atoms with van der Waals surface area (Å²) < 4.78 is 3.81. The van der Waals surface area contributed by atoms with Crippen molar-refractivity contribution in [2.24, 2.45) is 7.05 Å². The fourth-order valence-electron chi connectivity index (χ4n) is 4.25. The summed E-state index contributed by atoms with van der Waals surface area (Å²) in [6.07, 6.45) is 7.19. The van der Waals surface area contributed by atoms with Crippen molar-refractivity contribution in [2.45, 2.75) is 39.9 Å². The Balaban J connectivity index is 1.44. The first-order valence-electron chi connectivity index (χ1n) is 10.9. The van der Waals surface area contributed by atoms with Crippen molar-refractivity contribution in [2.75, 3.05) is 5.32 Å². The van der Waals surface area contributed by atoms with Gasteiger partial charge in [-0.2, -0.15) is 5.10 Å². The van der Waals surface area contributed by atoms with Gasteiger partial charge in [-0.3, -0.25) is 9.48 Å². The molecule has 0 saturated carbocycles. The van der Waals surface area contributed by atoms with Crippen LogP contribution >= 0.6 is 0 Å². The van der Waals surface area contributed by atoms with Gasteiger partial charge < -0.3 is 14.8 Å². The Morgan fingerprint density at radius 2 is 2.00 bits per heavy atom. The summed E-state index contributed by atoms with van der Waals surface area (Å²) in [5.74, 6) is 1.59. The normalized spacial score (nSPS) is 15.6. The number of hydrogen-bond donors (Lipinski definition) is 1. The summed E-state index contributed by atoms with van der Waals surface area (Å²) in [5.41, 5.74) is 5.51. The van der Waals surface area contributed by atoms with Crippen molar-refractivity contribution >= 4 is 17.5 Å². The molecule has 0 spiro atoms. The van der Waals surface area contributed by atoms with Crippen molar-refractivity contribution in [3.63, 3.8) is 0 Å². The molecule has 9 heteroatoms. The summed E-state index contributed by atoms with van der Waals surface area (Å²) in [6, 6.07) is 7.87. The number of carbonyl (C=O) groups excluding carboxylic acids is 1. The second kappa shape index (κ2) is 8.16. The van der Waals surface area contributed by atoms with Crippen LogP contribution in [0.2, 0.25) is 0 Å². The van der Waals surface area contributed by atoms with E-state index in [2.05, 4.69) is 43.1 Å². The molecule has 4 aromatic heterocycles. The highest BCUT2D eigenvalue weighted by Gasteiger charge is 2.31. The Morgan fingerprint density at radius 1 is 1.15 bits per heavy atom. The number of hydrogen-bond acceptors (Lipinski definition) is 6. The second-order valence-corrected chi connectivity index (χ2v) is 8.55. The van der Waals surface area contributed by atoms with Crippen LogP contribution in [0.1, 0.15) is 34.4 Å². The third kappa shape index (κ3) is 3.97. The molecule has 1 amide bonds. The van der Waals surface area contributed by atoms with Gasteiger partial charge in [-0.15, -0.1) is 0 Å². The minimum absolute atomic E-state index is 0.0104. The summed E-state index contributed by atoms with van der Waals surface area (Å²) >= 11 is 0. The molecule has 1 unspecified atom stereocenters. The number of aryl methyl sites for hydroxylation is 3. The Morgan fingerprint density at radius 3 is 2.76 bits per heavy atom. The van der Waals surface area contributed by atoms with Crippen LogP contribution in [0.5, 0.6) is 0 Å². The molecular formula is C24H26N8O. The van der Waals surface area contributed by atoms with Crippen LogP contribution in [0.3, 0.4) is 0 Å². The van der Waals surface area contributed by atoms with E-state index in [9.17, 15) is 4.79 Å². The molecular weight excluding hydrogens is 416 g/mol. The largest absolute Gasteiger partial charge is 0.341 e. The molecule has 4 aromatic rings. The first kappa shape index (κ1) is 20.9. The molecule has 9 nitrogen and oxygen atoms in total. The van der Waals surface area contributed by atoms with E-state index in [1.807, 2.05) is 56.3 Å². The van der Waals surface area contributed by atoms with Gasteiger partial charge in [-0.05, 0) is 50.1 Å². The lowest BCUT2D eigenvalue weighted by Gasteiger charge is -2.34. The van der Waals surface area contributed by atoms with Gasteiger partial charge in [0.2, 0.25) is 0 Å². The number of rotatable bonds is 5.